The molecular formula is C21H15F2N5O. The summed E-state index contributed by atoms with van der Waals surface area (Å²) in [4.78, 5) is 4.21. The zero-order chi connectivity index (χ0) is 20.1. The lowest BCUT2D eigenvalue weighted by atomic mass is 10.3. The van der Waals surface area contributed by atoms with E-state index in [-0.39, 0.29) is 11.6 Å². The van der Waals surface area contributed by atoms with Crippen LogP contribution in [0.3, 0.4) is 0 Å². The van der Waals surface area contributed by atoms with E-state index in [0.29, 0.717) is 23.0 Å². The van der Waals surface area contributed by atoms with Gasteiger partial charge >= 0.3 is 0 Å². The number of nitrogens with one attached hydrogen (secondary N) is 2. The van der Waals surface area contributed by atoms with Crippen LogP contribution in [0.1, 0.15) is 0 Å². The molecule has 29 heavy (non-hydrogen) atoms. The highest BCUT2D eigenvalue weighted by atomic mass is 19.1. The Morgan fingerprint density at radius 1 is 0.759 bits per heavy atom. The van der Waals surface area contributed by atoms with Crippen LogP contribution in [-0.4, -0.2) is 15.2 Å². The zero-order valence-corrected chi connectivity index (χ0v) is 15.0. The Labute approximate surface area is 165 Å². The van der Waals surface area contributed by atoms with Crippen LogP contribution in [0, 0.1) is 11.6 Å². The molecule has 8 heteroatoms. The van der Waals surface area contributed by atoms with Crippen LogP contribution in [-0.2, 0) is 0 Å². The smallest absolute Gasteiger partial charge is 0.249 e. The lowest BCUT2D eigenvalue weighted by Gasteiger charge is -2.13. The number of rotatable bonds is 6. The summed E-state index contributed by atoms with van der Waals surface area (Å²) in [5.74, 6) is 0.0119. The summed E-state index contributed by atoms with van der Waals surface area (Å²) in [6.07, 6.45) is 1.39. The van der Waals surface area contributed by atoms with Crippen LogP contribution < -0.4 is 15.4 Å². The van der Waals surface area contributed by atoms with E-state index in [1.165, 1.54) is 12.3 Å². The fourth-order valence-corrected chi connectivity index (χ4v) is 2.56. The van der Waals surface area contributed by atoms with E-state index < -0.39 is 11.6 Å². The van der Waals surface area contributed by atoms with Gasteiger partial charge in [0.25, 0.3) is 0 Å². The van der Waals surface area contributed by atoms with Crippen LogP contribution in [0.5, 0.6) is 11.5 Å². The van der Waals surface area contributed by atoms with E-state index >= 15 is 0 Å². The number of para-hydroxylation sites is 4. The van der Waals surface area contributed by atoms with Crippen molar-refractivity contribution in [1.82, 2.24) is 15.2 Å². The van der Waals surface area contributed by atoms with Gasteiger partial charge in [0, 0.05) is 0 Å². The Hall–Kier alpha value is -4.07. The molecule has 0 aliphatic heterocycles. The quantitative estimate of drug-likeness (QED) is 0.457. The predicted molar refractivity (Wildman–Crippen MR) is 106 cm³/mol. The van der Waals surface area contributed by atoms with Crippen molar-refractivity contribution < 1.29 is 13.5 Å². The highest BCUT2D eigenvalue weighted by Crippen LogP contribution is 2.31. The topological polar surface area (TPSA) is 72.0 Å². The van der Waals surface area contributed by atoms with Crippen molar-refractivity contribution >= 4 is 23.1 Å². The second-order valence-corrected chi connectivity index (χ2v) is 5.92. The van der Waals surface area contributed by atoms with Gasteiger partial charge in [-0.15, -0.1) is 5.10 Å². The third-order valence-electron chi connectivity index (χ3n) is 3.88. The van der Waals surface area contributed by atoms with Crippen LogP contribution in [0.25, 0.3) is 0 Å². The Morgan fingerprint density at radius 2 is 1.48 bits per heavy atom. The molecule has 6 nitrogen and oxygen atoms in total. The van der Waals surface area contributed by atoms with E-state index in [1.54, 1.807) is 6.07 Å². The summed E-state index contributed by atoms with van der Waals surface area (Å²) in [5.41, 5.74) is 0.291. The maximum absolute atomic E-state index is 13.8. The monoisotopic (exact) mass is 391 g/mol. The molecule has 1 heterocycles. The Morgan fingerprint density at radius 3 is 2.28 bits per heavy atom. The molecule has 0 saturated heterocycles. The molecule has 0 bridgehead atoms. The molecular weight excluding hydrogens is 376 g/mol. The molecule has 0 fully saturated rings. The van der Waals surface area contributed by atoms with Crippen molar-refractivity contribution in [3.63, 3.8) is 0 Å². The lowest BCUT2D eigenvalue weighted by Crippen LogP contribution is -2.05. The molecule has 4 aromatic rings. The fourth-order valence-electron chi connectivity index (χ4n) is 2.56. The first-order valence-corrected chi connectivity index (χ1v) is 8.69. The summed E-state index contributed by atoms with van der Waals surface area (Å²) in [6, 6.07) is 20.2. The van der Waals surface area contributed by atoms with Crippen molar-refractivity contribution in [2.24, 2.45) is 0 Å². The molecule has 0 amide bonds. The second-order valence-electron chi connectivity index (χ2n) is 5.92. The number of benzene rings is 3. The predicted octanol–water partition coefficient (Wildman–Crippen LogP) is 5.43. The minimum Gasteiger partial charge on any atom is -0.455 e. The van der Waals surface area contributed by atoms with Crippen LogP contribution >= 0.6 is 0 Å². The van der Waals surface area contributed by atoms with E-state index in [9.17, 15) is 8.78 Å². The third kappa shape index (κ3) is 4.44. The Kier molecular flexibility index (Phi) is 5.24. The van der Waals surface area contributed by atoms with Gasteiger partial charge in [-0.25, -0.2) is 8.78 Å². The number of anilines is 4. The molecule has 144 valence electrons. The molecule has 3 aromatic carbocycles. The molecule has 0 aliphatic rings. The first kappa shape index (κ1) is 18.3. The summed E-state index contributed by atoms with van der Waals surface area (Å²) in [6.45, 7) is 0. The normalized spacial score (nSPS) is 10.4. The van der Waals surface area contributed by atoms with Gasteiger partial charge in [-0.2, -0.15) is 10.1 Å². The molecule has 2 N–H and O–H groups in total. The van der Waals surface area contributed by atoms with Gasteiger partial charge in [0.1, 0.15) is 23.1 Å². The first-order valence-electron chi connectivity index (χ1n) is 8.69. The number of nitrogens with zero attached hydrogens (tertiary/aromatic N) is 3. The maximum Gasteiger partial charge on any atom is 0.249 e. The van der Waals surface area contributed by atoms with Crippen LogP contribution in [0.4, 0.5) is 31.9 Å². The van der Waals surface area contributed by atoms with Gasteiger partial charge in [0.15, 0.2) is 11.6 Å². The highest BCUT2D eigenvalue weighted by Gasteiger charge is 2.11. The summed E-state index contributed by atoms with van der Waals surface area (Å²) < 4.78 is 33.6. The zero-order valence-electron chi connectivity index (χ0n) is 15.0. The van der Waals surface area contributed by atoms with Crippen molar-refractivity contribution in [3.8, 4) is 11.5 Å². The molecule has 4 rings (SSSR count). The third-order valence-corrected chi connectivity index (χ3v) is 3.88. The van der Waals surface area contributed by atoms with Gasteiger partial charge in [-0.1, -0.05) is 36.4 Å². The van der Waals surface area contributed by atoms with Crippen molar-refractivity contribution in [3.05, 3.63) is 90.6 Å². The van der Waals surface area contributed by atoms with Crippen molar-refractivity contribution in [2.45, 2.75) is 0 Å². The number of aromatic nitrogens is 3. The fraction of sp³-hybridized carbons (Fsp3) is 0. The number of hydrogen-bond acceptors (Lipinski definition) is 6. The summed E-state index contributed by atoms with van der Waals surface area (Å²) >= 11 is 0. The lowest BCUT2D eigenvalue weighted by molar-refractivity contribution is 0.485. The summed E-state index contributed by atoms with van der Waals surface area (Å²) in [5, 5.41) is 13.2. The standard InChI is InChI=1S/C21H15F2N5O/c22-15-9-6-10-16(23)20(15)27-21-26-19(13-24-28-21)25-17-11-4-5-12-18(17)29-14-7-2-1-3-8-14/h1-13H,(H2,25,26,27,28). The summed E-state index contributed by atoms with van der Waals surface area (Å²) in [7, 11) is 0. The minimum atomic E-state index is -0.756. The van der Waals surface area contributed by atoms with E-state index in [1.807, 2.05) is 48.5 Å². The largest absolute Gasteiger partial charge is 0.455 e. The van der Waals surface area contributed by atoms with Crippen molar-refractivity contribution in [2.75, 3.05) is 10.6 Å². The molecule has 0 saturated carbocycles. The van der Waals surface area contributed by atoms with Crippen LogP contribution in [0.2, 0.25) is 0 Å². The molecule has 0 radical (unpaired) electrons. The maximum atomic E-state index is 13.8. The van der Waals surface area contributed by atoms with Gasteiger partial charge in [0.05, 0.1) is 11.9 Å². The Balaban J connectivity index is 1.56. The Bertz CT molecular complexity index is 1100. The van der Waals surface area contributed by atoms with Gasteiger partial charge in [-0.3, -0.25) is 0 Å². The second kappa shape index (κ2) is 8.30. The van der Waals surface area contributed by atoms with E-state index in [4.69, 9.17) is 4.74 Å². The average Bonchev–Trinajstić information content (AvgIpc) is 2.73. The van der Waals surface area contributed by atoms with Crippen molar-refractivity contribution in [1.29, 1.82) is 0 Å². The SMILES string of the molecule is Fc1cccc(F)c1Nc1nncc(Nc2ccccc2Oc2ccccc2)n1. The van der Waals surface area contributed by atoms with E-state index in [2.05, 4.69) is 25.8 Å². The van der Waals surface area contributed by atoms with Gasteiger partial charge in [-0.05, 0) is 36.4 Å². The molecule has 0 spiro atoms. The molecule has 0 unspecified atom stereocenters. The average molecular weight is 391 g/mol. The highest BCUT2D eigenvalue weighted by molar-refractivity contribution is 5.65. The molecule has 0 atom stereocenters. The molecule has 1 aromatic heterocycles. The van der Waals surface area contributed by atoms with Gasteiger partial charge < -0.3 is 15.4 Å². The minimum absolute atomic E-state index is 0.0551. The first-order chi connectivity index (χ1) is 14.2. The number of halogens is 2. The molecule has 0 aliphatic carbocycles. The van der Waals surface area contributed by atoms with Gasteiger partial charge in [0.2, 0.25) is 5.95 Å². The number of hydrogen-bond donors (Lipinski definition) is 2. The van der Waals surface area contributed by atoms with Crippen LogP contribution in [0.15, 0.2) is 79.0 Å². The number of ether oxygens (including phenoxy) is 1. The van der Waals surface area contributed by atoms with E-state index in [0.717, 1.165) is 12.1 Å².